The second kappa shape index (κ2) is 5.92. The van der Waals surface area contributed by atoms with Gasteiger partial charge in [0.25, 0.3) is 5.24 Å². The number of rotatable bonds is 4. The van der Waals surface area contributed by atoms with Gasteiger partial charge in [-0.2, -0.15) is 0 Å². The number of amides is 1. The third-order valence-corrected chi connectivity index (χ3v) is 1.89. The van der Waals surface area contributed by atoms with Crippen LogP contribution < -0.4 is 5.32 Å². The Morgan fingerprint density at radius 3 is 2.88 bits per heavy atom. The van der Waals surface area contributed by atoms with E-state index in [9.17, 15) is 9.59 Å². The maximum atomic E-state index is 11.2. The first-order valence-corrected chi connectivity index (χ1v) is 4.86. The van der Waals surface area contributed by atoms with E-state index in [2.05, 4.69) is 11.9 Å². The molecule has 0 radical (unpaired) electrons. The number of anilines is 1. The number of hydrogen-bond acceptors (Lipinski definition) is 3. The topological polar surface area (TPSA) is 55.4 Å². The van der Waals surface area contributed by atoms with Crippen molar-refractivity contribution in [2.24, 2.45) is 0 Å². The van der Waals surface area contributed by atoms with Gasteiger partial charge in [-0.15, -0.1) is 0 Å². The van der Waals surface area contributed by atoms with Crippen molar-refractivity contribution in [3.63, 3.8) is 0 Å². The molecule has 1 aromatic rings. The van der Waals surface area contributed by atoms with E-state index in [0.717, 1.165) is 0 Å². The third-order valence-electron chi connectivity index (χ3n) is 1.67. The zero-order chi connectivity index (χ0) is 12.0. The quantitative estimate of drug-likeness (QED) is 0.649. The molecule has 0 aliphatic carbocycles. The maximum absolute atomic E-state index is 11.2. The van der Waals surface area contributed by atoms with Crippen molar-refractivity contribution in [3.05, 3.63) is 42.5 Å². The Morgan fingerprint density at radius 2 is 2.25 bits per heavy atom. The summed E-state index contributed by atoms with van der Waals surface area (Å²) in [4.78, 5) is 22.0. The molecule has 0 unspecified atom stereocenters. The summed E-state index contributed by atoms with van der Waals surface area (Å²) in [5.74, 6) is 0. The molecule has 0 aliphatic rings. The summed E-state index contributed by atoms with van der Waals surface area (Å²) in [6.07, 6.45) is 0.845. The van der Waals surface area contributed by atoms with Gasteiger partial charge >= 0.3 is 6.09 Å². The van der Waals surface area contributed by atoms with Gasteiger partial charge < -0.3 is 4.74 Å². The van der Waals surface area contributed by atoms with Gasteiger partial charge in [0.2, 0.25) is 0 Å². The molecule has 0 fully saturated rings. The molecule has 16 heavy (non-hydrogen) atoms. The minimum absolute atomic E-state index is 0.125. The zero-order valence-electron chi connectivity index (χ0n) is 8.40. The first kappa shape index (κ1) is 12.3. The van der Waals surface area contributed by atoms with Crippen LogP contribution in [0.1, 0.15) is 10.4 Å². The van der Waals surface area contributed by atoms with Crippen molar-refractivity contribution in [1.82, 2.24) is 0 Å². The molecule has 0 saturated carbocycles. The summed E-state index contributed by atoms with van der Waals surface area (Å²) in [5, 5.41) is 1.87. The molecule has 0 aliphatic heterocycles. The SMILES string of the molecule is C=CCOC(=O)Nc1cccc(C(=O)Cl)c1. The van der Waals surface area contributed by atoms with Gasteiger partial charge in [-0.05, 0) is 29.8 Å². The molecular formula is C11H10ClNO3. The Hall–Kier alpha value is -1.81. The third kappa shape index (κ3) is 3.74. The monoisotopic (exact) mass is 239 g/mol. The summed E-state index contributed by atoms with van der Waals surface area (Å²) in [7, 11) is 0. The summed E-state index contributed by atoms with van der Waals surface area (Å²) >= 11 is 5.30. The summed E-state index contributed by atoms with van der Waals surface area (Å²) in [6.45, 7) is 3.53. The molecule has 0 spiro atoms. The van der Waals surface area contributed by atoms with Gasteiger partial charge in [-0.25, -0.2) is 4.79 Å². The molecule has 0 saturated heterocycles. The molecule has 1 N–H and O–H groups in total. The second-order valence-electron chi connectivity index (χ2n) is 2.87. The first-order chi connectivity index (χ1) is 7.63. The van der Waals surface area contributed by atoms with Crippen LogP contribution in [0.3, 0.4) is 0 Å². The van der Waals surface area contributed by atoms with E-state index in [1.54, 1.807) is 18.2 Å². The average Bonchev–Trinajstić information content (AvgIpc) is 2.26. The van der Waals surface area contributed by atoms with Crippen LogP contribution in [0.5, 0.6) is 0 Å². The zero-order valence-corrected chi connectivity index (χ0v) is 9.16. The lowest BCUT2D eigenvalue weighted by molar-refractivity contribution is 0.108. The Bertz CT molecular complexity index is 417. The highest BCUT2D eigenvalue weighted by Crippen LogP contribution is 2.12. The van der Waals surface area contributed by atoms with E-state index < -0.39 is 11.3 Å². The molecule has 0 atom stereocenters. The van der Waals surface area contributed by atoms with E-state index in [1.807, 2.05) is 0 Å². The number of halogens is 1. The van der Waals surface area contributed by atoms with Crippen LogP contribution in [0.2, 0.25) is 0 Å². The largest absolute Gasteiger partial charge is 0.445 e. The smallest absolute Gasteiger partial charge is 0.411 e. The lowest BCUT2D eigenvalue weighted by Crippen LogP contribution is -2.13. The van der Waals surface area contributed by atoms with Crippen molar-refractivity contribution in [2.45, 2.75) is 0 Å². The van der Waals surface area contributed by atoms with Crippen molar-refractivity contribution >= 4 is 28.6 Å². The Kier molecular flexibility index (Phi) is 4.54. The molecule has 0 heterocycles. The number of carbonyl (C=O) groups excluding carboxylic acids is 2. The normalized spacial score (nSPS) is 9.31. The van der Waals surface area contributed by atoms with Crippen LogP contribution in [0, 0.1) is 0 Å². The van der Waals surface area contributed by atoms with Gasteiger partial charge in [-0.1, -0.05) is 18.7 Å². The van der Waals surface area contributed by atoms with Gasteiger partial charge in [0.05, 0.1) is 0 Å². The van der Waals surface area contributed by atoms with Crippen LogP contribution in [0.15, 0.2) is 36.9 Å². The number of hydrogen-bond donors (Lipinski definition) is 1. The van der Waals surface area contributed by atoms with Crippen molar-refractivity contribution in [2.75, 3.05) is 11.9 Å². The summed E-state index contributed by atoms with van der Waals surface area (Å²) in [5.41, 5.74) is 0.753. The lowest BCUT2D eigenvalue weighted by atomic mass is 10.2. The van der Waals surface area contributed by atoms with Crippen molar-refractivity contribution < 1.29 is 14.3 Å². The Labute approximate surface area is 97.9 Å². The highest BCUT2D eigenvalue weighted by atomic mass is 35.5. The molecule has 1 aromatic carbocycles. The van der Waals surface area contributed by atoms with Gasteiger partial charge in [0.15, 0.2) is 0 Å². The van der Waals surface area contributed by atoms with Crippen LogP contribution in [0.4, 0.5) is 10.5 Å². The van der Waals surface area contributed by atoms with Crippen LogP contribution >= 0.6 is 11.6 Å². The van der Waals surface area contributed by atoms with Crippen molar-refractivity contribution in [3.8, 4) is 0 Å². The standard InChI is InChI=1S/C11H10ClNO3/c1-2-6-16-11(15)13-9-5-3-4-8(7-9)10(12)14/h2-5,7H,1,6H2,(H,13,15). The minimum Gasteiger partial charge on any atom is -0.445 e. The van der Waals surface area contributed by atoms with E-state index in [0.29, 0.717) is 11.3 Å². The van der Waals surface area contributed by atoms with Crippen molar-refractivity contribution in [1.29, 1.82) is 0 Å². The maximum Gasteiger partial charge on any atom is 0.411 e. The average molecular weight is 240 g/mol. The molecule has 4 nitrogen and oxygen atoms in total. The highest BCUT2D eigenvalue weighted by molar-refractivity contribution is 6.67. The second-order valence-corrected chi connectivity index (χ2v) is 3.21. The van der Waals surface area contributed by atoms with Crippen LogP contribution in [-0.2, 0) is 4.74 Å². The minimum atomic E-state index is -0.612. The fraction of sp³-hybridized carbons (Fsp3) is 0.0909. The first-order valence-electron chi connectivity index (χ1n) is 4.48. The predicted octanol–water partition coefficient (Wildman–Crippen LogP) is 2.80. The van der Waals surface area contributed by atoms with Gasteiger partial charge in [-0.3, -0.25) is 10.1 Å². The predicted molar refractivity (Wildman–Crippen MR) is 61.8 cm³/mol. The number of benzene rings is 1. The molecule has 5 heteroatoms. The number of carbonyl (C=O) groups is 2. The molecular weight excluding hydrogens is 230 g/mol. The van der Waals surface area contributed by atoms with E-state index >= 15 is 0 Å². The Balaban J connectivity index is 2.66. The number of nitrogens with one attached hydrogen (secondary N) is 1. The van der Waals surface area contributed by atoms with Crippen LogP contribution in [-0.4, -0.2) is 17.9 Å². The van der Waals surface area contributed by atoms with Gasteiger partial charge in [0.1, 0.15) is 6.61 Å². The summed E-state index contributed by atoms with van der Waals surface area (Å²) in [6, 6.07) is 6.25. The highest BCUT2D eigenvalue weighted by Gasteiger charge is 2.05. The molecule has 0 bridgehead atoms. The van der Waals surface area contributed by atoms with Crippen LogP contribution in [0.25, 0.3) is 0 Å². The fourth-order valence-electron chi connectivity index (χ4n) is 1.01. The molecule has 1 rings (SSSR count). The van der Waals surface area contributed by atoms with E-state index in [1.165, 1.54) is 12.1 Å². The van der Waals surface area contributed by atoms with E-state index in [-0.39, 0.29) is 6.61 Å². The number of ether oxygens (including phenoxy) is 1. The lowest BCUT2D eigenvalue weighted by Gasteiger charge is -2.05. The van der Waals surface area contributed by atoms with Gasteiger partial charge in [0, 0.05) is 11.3 Å². The molecule has 1 amide bonds. The van der Waals surface area contributed by atoms with E-state index in [4.69, 9.17) is 16.3 Å². The summed E-state index contributed by atoms with van der Waals surface area (Å²) < 4.78 is 4.71. The Morgan fingerprint density at radius 1 is 1.50 bits per heavy atom. The molecule has 84 valence electrons. The fourth-order valence-corrected chi connectivity index (χ4v) is 1.13. The molecule has 0 aromatic heterocycles.